The second kappa shape index (κ2) is 3.37. The lowest BCUT2D eigenvalue weighted by molar-refractivity contribution is 0.501. The zero-order valence-corrected chi connectivity index (χ0v) is 10.7. The van der Waals surface area contributed by atoms with Crippen molar-refractivity contribution in [3.8, 4) is 0 Å². The van der Waals surface area contributed by atoms with Crippen LogP contribution in [0, 0.1) is 5.82 Å². The van der Waals surface area contributed by atoms with Gasteiger partial charge in [0.25, 0.3) is 0 Å². The third kappa shape index (κ3) is 1.71. The number of anilines is 2. The minimum Gasteiger partial charge on any atom is -0.381 e. The van der Waals surface area contributed by atoms with E-state index in [9.17, 15) is 4.39 Å². The van der Waals surface area contributed by atoms with Gasteiger partial charge in [0.2, 0.25) is 0 Å². The van der Waals surface area contributed by atoms with Crippen molar-refractivity contribution in [2.45, 2.75) is 19.4 Å². The number of fused-ring (bicyclic) bond motifs is 1. The Balaban J connectivity index is 2.52. The van der Waals surface area contributed by atoms with Crippen molar-refractivity contribution in [1.29, 1.82) is 0 Å². The van der Waals surface area contributed by atoms with Gasteiger partial charge in [0.1, 0.15) is 5.82 Å². The van der Waals surface area contributed by atoms with Crippen LogP contribution in [0.5, 0.6) is 0 Å². The Kier molecular flexibility index (Phi) is 2.41. The zero-order valence-electron chi connectivity index (χ0n) is 9.06. The molecule has 0 saturated heterocycles. The fourth-order valence-corrected chi connectivity index (χ4v) is 2.04. The maximum Gasteiger partial charge on any atom is 0.139 e. The molecule has 2 nitrogen and oxygen atoms in total. The van der Waals surface area contributed by atoms with Crippen LogP contribution < -0.4 is 10.2 Å². The van der Waals surface area contributed by atoms with E-state index in [0.29, 0.717) is 4.47 Å². The Hall–Kier alpha value is -0.770. The molecular formula is C11H14BrFN2. The van der Waals surface area contributed by atoms with Crippen molar-refractivity contribution in [1.82, 2.24) is 0 Å². The molecule has 4 heteroatoms. The van der Waals surface area contributed by atoms with Gasteiger partial charge in [0.05, 0.1) is 21.4 Å². The van der Waals surface area contributed by atoms with Gasteiger partial charge in [-0.1, -0.05) is 0 Å². The lowest BCUT2D eigenvalue weighted by Gasteiger charge is -2.43. The second-order valence-corrected chi connectivity index (χ2v) is 5.36. The molecule has 0 radical (unpaired) electrons. The van der Waals surface area contributed by atoms with Gasteiger partial charge < -0.3 is 10.2 Å². The van der Waals surface area contributed by atoms with Crippen LogP contribution in [0.3, 0.4) is 0 Å². The van der Waals surface area contributed by atoms with Crippen molar-refractivity contribution in [3.63, 3.8) is 0 Å². The SMILES string of the molecule is CN1c2cc(Br)c(F)cc2NCC1(C)C. The first-order chi connectivity index (χ1) is 6.92. The van der Waals surface area contributed by atoms with Crippen molar-refractivity contribution in [3.05, 3.63) is 22.4 Å². The van der Waals surface area contributed by atoms with Crippen molar-refractivity contribution >= 4 is 27.3 Å². The Morgan fingerprint density at radius 3 is 2.80 bits per heavy atom. The fraction of sp³-hybridized carbons (Fsp3) is 0.455. The van der Waals surface area contributed by atoms with E-state index in [4.69, 9.17) is 0 Å². The van der Waals surface area contributed by atoms with Gasteiger partial charge in [-0.15, -0.1) is 0 Å². The molecule has 1 aliphatic heterocycles. The standard InChI is InChI=1S/C11H14BrFN2/c1-11(2)6-14-9-5-8(13)7(12)4-10(9)15(11)3/h4-5,14H,6H2,1-3H3. The smallest absolute Gasteiger partial charge is 0.139 e. The van der Waals surface area contributed by atoms with E-state index in [1.54, 1.807) is 0 Å². The summed E-state index contributed by atoms with van der Waals surface area (Å²) in [5.74, 6) is -0.227. The van der Waals surface area contributed by atoms with Crippen molar-refractivity contribution in [2.75, 3.05) is 23.8 Å². The first kappa shape index (κ1) is 10.7. The number of benzene rings is 1. The summed E-state index contributed by atoms with van der Waals surface area (Å²) in [7, 11) is 2.03. The number of nitrogens with zero attached hydrogens (tertiary/aromatic N) is 1. The summed E-state index contributed by atoms with van der Waals surface area (Å²) in [6.45, 7) is 5.12. The molecule has 0 aliphatic carbocycles. The summed E-state index contributed by atoms with van der Waals surface area (Å²) in [6.07, 6.45) is 0. The molecule has 1 aliphatic rings. The molecule has 0 atom stereocenters. The molecule has 0 bridgehead atoms. The lowest BCUT2D eigenvalue weighted by atomic mass is 9.98. The van der Waals surface area contributed by atoms with E-state index in [2.05, 4.69) is 40.0 Å². The highest BCUT2D eigenvalue weighted by Crippen LogP contribution is 2.37. The van der Waals surface area contributed by atoms with Crippen LogP contribution in [0.4, 0.5) is 15.8 Å². The fourth-order valence-electron chi connectivity index (χ4n) is 1.71. The van der Waals surface area contributed by atoms with Crippen molar-refractivity contribution < 1.29 is 4.39 Å². The summed E-state index contributed by atoms with van der Waals surface area (Å²) in [6, 6.07) is 3.35. The maximum atomic E-state index is 13.3. The number of hydrogen-bond donors (Lipinski definition) is 1. The predicted molar refractivity (Wildman–Crippen MR) is 65.1 cm³/mol. The highest BCUT2D eigenvalue weighted by atomic mass is 79.9. The Labute approximate surface area is 97.6 Å². The minimum absolute atomic E-state index is 0.0459. The van der Waals surface area contributed by atoms with E-state index in [0.717, 1.165) is 17.9 Å². The van der Waals surface area contributed by atoms with E-state index in [-0.39, 0.29) is 11.4 Å². The summed E-state index contributed by atoms with van der Waals surface area (Å²) in [5, 5.41) is 3.25. The van der Waals surface area contributed by atoms with Gasteiger partial charge in [-0.2, -0.15) is 0 Å². The third-order valence-electron chi connectivity index (χ3n) is 3.02. The van der Waals surface area contributed by atoms with Crippen LogP contribution in [0.2, 0.25) is 0 Å². The molecule has 0 amide bonds. The van der Waals surface area contributed by atoms with Crippen LogP contribution in [0.25, 0.3) is 0 Å². The highest BCUT2D eigenvalue weighted by molar-refractivity contribution is 9.10. The zero-order chi connectivity index (χ0) is 11.2. The van der Waals surface area contributed by atoms with Crippen LogP contribution in [-0.2, 0) is 0 Å². The number of rotatable bonds is 0. The Morgan fingerprint density at radius 1 is 1.47 bits per heavy atom. The molecule has 1 aromatic rings. The number of likely N-dealkylation sites (N-methyl/N-ethyl adjacent to an activating group) is 1. The molecule has 82 valence electrons. The van der Waals surface area contributed by atoms with E-state index < -0.39 is 0 Å². The van der Waals surface area contributed by atoms with Crippen molar-refractivity contribution in [2.24, 2.45) is 0 Å². The summed E-state index contributed by atoms with van der Waals surface area (Å²) < 4.78 is 13.8. The predicted octanol–water partition coefficient (Wildman–Crippen LogP) is 3.23. The number of halogens is 2. The summed E-state index contributed by atoms with van der Waals surface area (Å²) in [5.41, 5.74) is 1.93. The quantitative estimate of drug-likeness (QED) is 0.780. The maximum absolute atomic E-state index is 13.3. The topological polar surface area (TPSA) is 15.3 Å². The highest BCUT2D eigenvalue weighted by Gasteiger charge is 2.30. The van der Waals surface area contributed by atoms with Gasteiger partial charge in [-0.3, -0.25) is 0 Å². The molecular weight excluding hydrogens is 259 g/mol. The first-order valence-electron chi connectivity index (χ1n) is 4.88. The molecule has 0 spiro atoms. The molecule has 15 heavy (non-hydrogen) atoms. The van der Waals surface area contributed by atoms with Crippen LogP contribution in [-0.4, -0.2) is 19.1 Å². The monoisotopic (exact) mass is 272 g/mol. The molecule has 1 aromatic carbocycles. The first-order valence-corrected chi connectivity index (χ1v) is 5.68. The Morgan fingerprint density at radius 2 is 2.13 bits per heavy atom. The average Bonchev–Trinajstić information content (AvgIpc) is 2.16. The van der Waals surface area contributed by atoms with Gasteiger partial charge in [0.15, 0.2) is 0 Å². The molecule has 0 aromatic heterocycles. The van der Waals surface area contributed by atoms with Crippen LogP contribution in [0.1, 0.15) is 13.8 Å². The molecule has 0 unspecified atom stereocenters. The van der Waals surface area contributed by atoms with Crippen LogP contribution >= 0.6 is 15.9 Å². The van der Waals surface area contributed by atoms with Crippen LogP contribution in [0.15, 0.2) is 16.6 Å². The minimum atomic E-state index is -0.227. The Bertz CT molecular complexity index is 404. The van der Waals surface area contributed by atoms with E-state index >= 15 is 0 Å². The average molecular weight is 273 g/mol. The summed E-state index contributed by atoms with van der Waals surface area (Å²) >= 11 is 3.21. The number of nitrogens with one attached hydrogen (secondary N) is 1. The summed E-state index contributed by atoms with van der Waals surface area (Å²) in [4.78, 5) is 2.17. The lowest BCUT2D eigenvalue weighted by Crippen LogP contribution is -2.50. The van der Waals surface area contributed by atoms with Gasteiger partial charge in [0, 0.05) is 19.7 Å². The third-order valence-corrected chi connectivity index (χ3v) is 3.63. The number of hydrogen-bond acceptors (Lipinski definition) is 2. The molecule has 0 saturated carbocycles. The normalized spacial score (nSPS) is 18.3. The molecule has 1 N–H and O–H groups in total. The van der Waals surface area contributed by atoms with Gasteiger partial charge >= 0.3 is 0 Å². The van der Waals surface area contributed by atoms with E-state index in [1.807, 2.05) is 13.1 Å². The second-order valence-electron chi connectivity index (χ2n) is 4.51. The molecule has 1 heterocycles. The van der Waals surface area contributed by atoms with E-state index in [1.165, 1.54) is 6.07 Å². The molecule has 2 rings (SSSR count). The van der Waals surface area contributed by atoms with Gasteiger partial charge in [-0.25, -0.2) is 4.39 Å². The molecule has 0 fully saturated rings. The van der Waals surface area contributed by atoms with Gasteiger partial charge in [-0.05, 0) is 35.8 Å². The largest absolute Gasteiger partial charge is 0.381 e.